The lowest BCUT2D eigenvalue weighted by atomic mass is 9.59. The van der Waals surface area contributed by atoms with Gasteiger partial charge in [-0.3, -0.25) is 9.69 Å². The van der Waals surface area contributed by atoms with Crippen LogP contribution >= 0.6 is 0 Å². The van der Waals surface area contributed by atoms with Gasteiger partial charge in [0.05, 0.1) is 17.0 Å². The number of carbonyl (C=O) groups excluding carboxylic acids is 2. The highest BCUT2D eigenvalue weighted by atomic mass is 32.2. The van der Waals surface area contributed by atoms with Gasteiger partial charge in [0.15, 0.2) is 0 Å². The van der Waals surface area contributed by atoms with Gasteiger partial charge in [0.2, 0.25) is 5.91 Å². The number of sulfonamides is 1. The molecular weight excluding hydrogens is 484 g/mol. The molecule has 0 saturated carbocycles. The van der Waals surface area contributed by atoms with Crippen LogP contribution in [0.1, 0.15) is 70.5 Å². The molecule has 3 amide bonds. The smallest absolute Gasteiger partial charge is 0.274 e. The summed E-state index contributed by atoms with van der Waals surface area (Å²) in [5, 5.41) is 0. The number of carbonyl (C=O) groups is 2. The molecule has 0 aromatic heterocycles. The number of hydrogen-bond donors (Lipinski definition) is 0. The molecule has 4 aliphatic rings. The Morgan fingerprint density at radius 1 is 0.811 bits per heavy atom. The second kappa shape index (κ2) is 8.28. The second-order valence-corrected chi connectivity index (χ2v) is 12.3. The molecule has 2 atom stereocenters. The topological polar surface area (TPSA) is 74.8 Å². The van der Waals surface area contributed by atoms with Crippen molar-refractivity contribution in [2.75, 3.05) is 0 Å². The third-order valence-electron chi connectivity index (χ3n) is 8.18. The first kappa shape index (κ1) is 23.9. The Hall–Kier alpha value is -3.45. The van der Waals surface area contributed by atoms with E-state index in [2.05, 4.69) is 12.1 Å². The van der Waals surface area contributed by atoms with Crippen LogP contribution in [0.25, 0.3) is 0 Å². The van der Waals surface area contributed by atoms with Crippen LogP contribution in [0.5, 0.6) is 0 Å². The van der Waals surface area contributed by atoms with Gasteiger partial charge in [-0.05, 0) is 60.6 Å². The fourth-order valence-corrected chi connectivity index (χ4v) is 9.09. The van der Waals surface area contributed by atoms with Crippen molar-refractivity contribution in [1.29, 1.82) is 0 Å². The lowest BCUT2D eigenvalue weighted by Crippen LogP contribution is -2.54. The largest absolute Gasteiger partial charge is 0.341 e. The zero-order chi connectivity index (χ0) is 26.2. The Bertz CT molecular complexity index is 1510. The lowest BCUT2D eigenvalue weighted by Gasteiger charge is -2.49. The van der Waals surface area contributed by atoms with Gasteiger partial charge in [-0.1, -0.05) is 73.2 Å². The number of aryl methyl sites for hydroxylation is 3. The van der Waals surface area contributed by atoms with Crippen LogP contribution in [0.4, 0.5) is 4.79 Å². The minimum absolute atomic E-state index is 0.151. The van der Waals surface area contributed by atoms with Crippen LogP contribution in [-0.4, -0.2) is 41.6 Å². The summed E-state index contributed by atoms with van der Waals surface area (Å²) in [6, 6.07) is 17.7. The fourth-order valence-electron chi connectivity index (χ4n) is 7.10. The van der Waals surface area contributed by atoms with E-state index in [0.717, 1.165) is 32.1 Å². The molecule has 1 heterocycles. The average Bonchev–Trinajstić information content (AvgIpc) is 3.16. The molecule has 3 aliphatic carbocycles. The van der Waals surface area contributed by atoms with Crippen molar-refractivity contribution in [2.45, 2.75) is 69.4 Å². The zero-order valence-corrected chi connectivity index (χ0v) is 22.2. The number of imide groups is 1. The monoisotopic (exact) mass is 514 g/mol. The third kappa shape index (κ3) is 3.19. The molecule has 7 rings (SSSR count). The first-order valence-corrected chi connectivity index (χ1v) is 14.3. The normalized spacial score (nSPS) is 23.6. The van der Waals surface area contributed by atoms with E-state index in [4.69, 9.17) is 0 Å². The number of benzene rings is 3. The van der Waals surface area contributed by atoms with Gasteiger partial charge < -0.3 is 0 Å². The van der Waals surface area contributed by atoms with E-state index in [1.54, 1.807) is 13.8 Å². The first-order chi connectivity index (χ1) is 17.7. The number of nitrogens with zero attached hydrogens (tertiary/aromatic N) is 2. The van der Waals surface area contributed by atoms with Gasteiger partial charge >= 0.3 is 6.03 Å². The van der Waals surface area contributed by atoms with Gasteiger partial charge in [0, 0.05) is 18.3 Å². The highest BCUT2D eigenvalue weighted by Gasteiger charge is 2.64. The molecule has 0 spiro atoms. The van der Waals surface area contributed by atoms with Crippen molar-refractivity contribution in [3.8, 4) is 0 Å². The molecule has 0 radical (unpaired) electrons. The van der Waals surface area contributed by atoms with Crippen molar-refractivity contribution >= 4 is 22.0 Å². The molecular formula is C30H30N2O4S. The standard InChI is InChI=1S/C30H30N2O4S/c1-5-10-24(33)31-27-25-20-11-6-8-13-22(20)26(23-14-9-7-12-21(23)25)28(27)32(30(31)34)37(35,36)29-18(3)15-17(2)16-19(29)4/h6-9,11-16,25-28H,5,10H2,1-4H3/t25?,26?,27-,28+/m1/s1. The lowest BCUT2D eigenvalue weighted by molar-refractivity contribution is -0.129. The van der Waals surface area contributed by atoms with Crippen molar-refractivity contribution in [3.63, 3.8) is 0 Å². The Labute approximate surface area is 218 Å². The van der Waals surface area contributed by atoms with E-state index < -0.39 is 28.1 Å². The summed E-state index contributed by atoms with van der Waals surface area (Å²) >= 11 is 0. The van der Waals surface area contributed by atoms with Gasteiger partial charge in [-0.15, -0.1) is 0 Å². The molecule has 2 bridgehead atoms. The van der Waals surface area contributed by atoms with E-state index >= 15 is 0 Å². The Morgan fingerprint density at radius 2 is 1.27 bits per heavy atom. The van der Waals surface area contributed by atoms with Gasteiger partial charge in [0.25, 0.3) is 10.0 Å². The third-order valence-corrected chi connectivity index (χ3v) is 10.3. The highest BCUT2D eigenvalue weighted by molar-refractivity contribution is 7.89. The van der Waals surface area contributed by atoms with E-state index in [1.165, 1.54) is 4.90 Å². The maximum absolute atomic E-state index is 14.4. The minimum Gasteiger partial charge on any atom is -0.274 e. The van der Waals surface area contributed by atoms with Gasteiger partial charge in [-0.2, -0.15) is 0 Å². The molecule has 1 aliphatic heterocycles. The van der Waals surface area contributed by atoms with Crippen LogP contribution < -0.4 is 0 Å². The summed E-state index contributed by atoms with van der Waals surface area (Å²) in [6.07, 6.45) is 0.760. The molecule has 1 fully saturated rings. The van der Waals surface area contributed by atoms with Gasteiger partial charge in [0.1, 0.15) is 0 Å². The van der Waals surface area contributed by atoms with E-state index in [1.807, 2.05) is 62.4 Å². The summed E-state index contributed by atoms with van der Waals surface area (Å²) < 4.78 is 29.9. The molecule has 7 heteroatoms. The highest BCUT2D eigenvalue weighted by Crippen LogP contribution is 2.58. The Balaban J connectivity index is 1.63. The number of hydrogen-bond acceptors (Lipinski definition) is 4. The van der Waals surface area contributed by atoms with Crippen molar-refractivity contribution in [3.05, 3.63) is 99.6 Å². The minimum atomic E-state index is -4.26. The maximum atomic E-state index is 14.4. The predicted octanol–water partition coefficient (Wildman–Crippen LogP) is 5.39. The molecule has 190 valence electrons. The number of urea groups is 1. The van der Waals surface area contributed by atoms with Crippen molar-refractivity contribution < 1.29 is 18.0 Å². The number of rotatable bonds is 4. The van der Waals surface area contributed by atoms with E-state index in [0.29, 0.717) is 17.5 Å². The SMILES string of the molecule is CCCC(=O)N1C(=O)N(S(=O)(=O)c2c(C)cc(C)cc2C)[C@H]2C3c4ccccc4C(c4ccccc43)[C@H]21. The van der Waals surface area contributed by atoms with Crippen LogP contribution in [0, 0.1) is 20.8 Å². The van der Waals surface area contributed by atoms with Gasteiger partial charge in [-0.25, -0.2) is 17.5 Å². The maximum Gasteiger partial charge on any atom is 0.341 e. The molecule has 6 nitrogen and oxygen atoms in total. The average molecular weight is 515 g/mol. The summed E-state index contributed by atoms with van der Waals surface area (Å²) in [7, 11) is -4.26. The van der Waals surface area contributed by atoms with E-state index in [9.17, 15) is 18.0 Å². The molecule has 37 heavy (non-hydrogen) atoms. The molecule has 3 aromatic rings. The quantitative estimate of drug-likeness (QED) is 0.468. The van der Waals surface area contributed by atoms with Crippen molar-refractivity contribution in [2.24, 2.45) is 0 Å². The predicted molar refractivity (Wildman–Crippen MR) is 141 cm³/mol. The Morgan fingerprint density at radius 3 is 1.73 bits per heavy atom. The first-order valence-electron chi connectivity index (χ1n) is 12.8. The second-order valence-electron chi connectivity index (χ2n) is 10.5. The molecule has 0 N–H and O–H groups in total. The summed E-state index contributed by atoms with van der Waals surface area (Å²) in [5.41, 5.74) is 6.35. The van der Waals surface area contributed by atoms with Crippen LogP contribution in [-0.2, 0) is 14.8 Å². The fraction of sp³-hybridized carbons (Fsp3) is 0.333. The molecule has 0 unspecified atom stereocenters. The van der Waals surface area contributed by atoms with Crippen LogP contribution in [0.3, 0.4) is 0 Å². The van der Waals surface area contributed by atoms with E-state index in [-0.39, 0.29) is 29.1 Å². The summed E-state index contributed by atoms with van der Waals surface area (Å²) in [5.74, 6) is -0.959. The Kier molecular flexibility index (Phi) is 5.35. The van der Waals surface area contributed by atoms with Crippen molar-refractivity contribution in [1.82, 2.24) is 9.21 Å². The molecule has 3 aromatic carbocycles. The number of amides is 3. The summed E-state index contributed by atoms with van der Waals surface area (Å²) in [4.78, 5) is 29.1. The zero-order valence-electron chi connectivity index (χ0n) is 21.4. The van der Waals surface area contributed by atoms with Crippen LogP contribution in [0.2, 0.25) is 0 Å². The van der Waals surface area contributed by atoms with Crippen LogP contribution in [0.15, 0.2) is 65.6 Å². The summed E-state index contributed by atoms with van der Waals surface area (Å²) in [6.45, 7) is 7.35. The molecule has 1 saturated heterocycles.